The normalized spacial score (nSPS) is 10.8. The second kappa shape index (κ2) is 9.01. The number of hydrogen-bond donors (Lipinski definition) is 3. The number of aliphatic hydroxyl groups excluding tert-OH is 1. The Hall–Kier alpha value is -4.38. The van der Waals surface area contributed by atoms with Gasteiger partial charge in [0.2, 0.25) is 0 Å². The van der Waals surface area contributed by atoms with Crippen LogP contribution in [0.1, 0.15) is 19.4 Å². The summed E-state index contributed by atoms with van der Waals surface area (Å²) in [5.41, 5.74) is 9.33. The number of rotatable bonds is 4. The molecular weight excluding hydrogens is 422 g/mol. The summed E-state index contributed by atoms with van der Waals surface area (Å²) < 4.78 is 1.79. The van der Waals surface area contributed by atoms with Crippen LogP contribution in [-0.4, -0.2) is 44.6 Å². The molecule has 0 aliphatic carbocycles. The number of aromatic amines is 1. The van der Waals surface area contributed by atoms with Gasteiger partial charge in [0.25, 0.3) is 5.56 Å². The smallest absolute Gasteiger partial charge is 0.293 e. The molecule has 33 heavy (non-hydrogen) atoms. The summed E-state index contributed by atoms with van der Waals surface area (Å²) in [6, 6.07) is 10.7. The molecule has 0 saturated carbocycles. The molecule has 0 amide bonds. The zero-order valence-corrected chi connectivity index (χ0v) is 18.4. The molecule has 0 saturated heterocycles. The van der Waals surface area contributed by atoms with Gasteiger partial charge in [-0.2, -0.15) is 0 Å². The number of H-pyrrole nitrogens is 1. The van der Waals surface area contributed by atoms with Crippen molar-refractivity contribution in [3.63, 3.8) is 0 Å². The molecule has 11 heteroatoms. The van der Waals surface area contributed by atoms with E-state index in [1.165, 1.54) is 17.2 Å². The van der Waals surface area contributed by atoms with Gasteiger partial charge in [-0.1, -0.05) is 26.0 Å². The van der Waals surface area contributed by atoms with E-state index in [4.69, 9.17) is 5.73 Å². The number of aliphatic hydroxyl groups is 1. The molecular formula is C22H23N9O2. The van der Waals surface area contributed by atoms with Crippen LogP contribution in [0.25, 0.3) is 39.8 Å². The molecule has 168 valence electrons. The van der Waals surface area contributed by atoms with E-state index in [1.807, 2.05) is 26.0 Å². The fraction of sp³-hybridized carbons (Fsp3) is 0.182. The van der Waals surface area contributed by atoms with Crippen molar-refractivity contribution in [2.24, 2.45) is 7.05 Å². The molecule has 0 bridgehead atoms. The van der Waals surface area contributed by atoms with Gasteiger partial charge in [-0.15, -0.1) is 5.10 Å². The van der Waals surface area contributed by atoms with Gasteiger partial charge >= 0.3 is 0 Å². The van der Waals surface area contributed by atoms with E-state index < -0.39 is 0 Å². The average Bonchev–Trinajstić information content (AvgIpc) is 3.39. The first-order valence-electron chi connectivity index (χ1n) is 10.4. The highest BCUT2D eigenvalue weighted by Gasteiger charge is 2.20. The van der Waals surface area contributed by atoms with E-state index in [2.05, 4.69) is 30.1 Å². The number of hydrogen-bond acceptors (Lipinski definition) is 8. The maximum Gasteiger partial charge on any atom is 0.293 e. The molecule has 4 heterocycles. The van der Waals surface area contributed by atoms with Crippen LogP contribution in [0.15, 0.2) is 53.6 Å². The number of imidazole rings is 1. The van der Waals surface area contributed by atoms with Gasteiger partial charge in [-0.05, 0) is 29.8 Å². The van der Waals surface area contributed by atoms with Crippen LogP contribution < -0.4 is 11.3 Å². The first kappa shape index (κ1) is 21.8. The minimum atomic E-state index is -0.342. The first-order chi connectivity index (χ1) is 16.0. The van der Waals surface area contributed by atoms with Gasteiger partial charge in [0.05, 0.1) is 12.3 Å². The van der Waals surface area contributed by atoms with E-state index in [0.717, 1.165) is 11.3 Å². The lowest BCUT2D eigenvalue weighted by Crippen LogP contribution is -2.06. The van der Waals surface area contributed by atoms with Crippen molar-refractivity contribution in [1.29, 1.82) is 0 Å². The summed E-state index contributed by atoms with van der Waals surface area (Å²) in [6.45, 7) is 3.93. The van der Waals surface area contributed by atoms with Gasteiger partial charge in [-0.3, -0.25) is 9.36 Å². The number of benzene rings is 1. The van der Waals surface area contributed by atoms with Crippen molar-refractivity contribution < 1.29 is 5.11 Å². The Kier molecular flexibility index (Phi) is 5.96. The summed E-state index contributed by atoms with van der Waals surface area (Å²) in [5, 5.41) is 16.1. The minimum Gasteiger partial charge on any atom is -0.392 e. The van der Waals surface area contributed by atoms with Gasteiger partial charge < -0.3 is 10.8 Å². The van der Waals surface area contributed by atoms with Gasteiger partial charge in [-0.25, -0.2) is 29.8 Å². The SMILES string of the molecule is CC.Cn1nc(-c2ccc3nc(-c4nccnc4N)n(-c4ccc(CO)cc4)c3n2)c(=O)[nH]1. The van der Waals surface area contributed by atoms with Crippen LogP contribution >= 0.6 is 0 Å². The van der Waals surface area contributed by atoms with E-state index in [1.54, 1.807) is 35.9 Å². The Morgan fingerprint density at radius 2 is 1.73 bits per heavy atom. The van der Waals surface area contributed by atoms with E-state index >= 15 is 0 Å². The number of nitrogens with one attached hydrogen (secondary N) is 1. The number of nitrogens with zero attached hydrogens (tertiary/aromatic N) is 7. The Morgan fingerprint density at radius 3 is 2.36 bits per heavy atom. The largest absolute Gasteiger partial charge is 0.392 e. The predicted molar refractivity (Wildman–Crippen MR) is 124 cm³/mol. The van der Waals surface area contributed by atoms with Crippen LogP contribution in [0.3, 0.4) is 0 Å². The molecule has 1 aromatic carbocycles. The molecule has 11 nitrogen and oxygen atoms in total. The second-order valence-electron chi connectivity index (χ2n) is 6.84. The highest BCUT2D eigenvalue weighted by Crippen LogP contribution is 2.30. The van der Waals surface area contributed by atoms with Crippen molar-refractivity contribution in [3.8, 4) is 28.6 Å². The second-order valence-corrected chi connectivity index (χ2v) is 6.84. The van der Waals surface area contributed by atoms with Crippen LogP contribution in [0.4, 0.5) is 5.82 Å². The summed E-state index contributed by atoms with van der Waals surface area (Å²) >= 11 is 0. The first-order valence-corrected chi connectivity index (χ1v) is 10.4. The monoisotopic (exact) mass is 445 g/mol. The summed E-state index contributed by atoms with van der Waals surface area (Å²) in [4.78, 5) is 31.4. The molecule has 0 fully saturated rings. The van der Waals surface area contributed by atoms with Crippen molar-refractivity contribution in [2.45, 2.75) is 20.5 Å². The molecule has 5 rings (SSSR count). The molecule has 5 aromatic rings. The predicted octanol–water partition coefficient (Wildman–Crippen LogP) is 2.07. The number of aromatic nitrogens is 8. The van der Waals surface area contributed by atoms with Gasteiger partial charge in [0.15, 0.2) is 23.0 Å². The Balaban J connectivity index is 0.00000126. The van der Waals surface area contributed by atoms with Crippen LogP contribution in [0, 0.1) is 0 Å². The number of pyridine rings is 1. The quantitative estimate of drug-likeness (QED) is 0.380. The Labute approximate surface area is 188 Å². The third-order valence-electron chi connectivity index (χ3n) is 4.79. The molecule has 0 atom stereocenters. The Morgan fingerprint density at radius 1 is 1.00 bits per heavy atom. The fourth-order valence-electron chi connectivity index (χ4n) is 3.35. The highest BCUT2D eigenvalue weighted by atomic mass is 16.3. The number of fused-ring (bicyclic) bond motifs is 1. The number of aryl methyl sites for hydroxylation is 1. The molecule has 0 unspecified atom stereocenters. The molecule has 0 radical (unpaired) electrons. The van der Waals surface area contributed by atoms with Crippen molar-refractivity contribution in [3.05, 3.63) is 64.7 Å². The van der Waals surface area contributed by atoms with Gasteiger partial charge in [0, 0.05) is 25.1 Å². The zero-order valence-electron chi connectivity index (χ0n) is 18.4. The van der Waals surface area contributed by atoms with Crippen molar-refractivity contribution in [1.82, 2.24) is 39.5 Å². The summed E-state index contributed by atoms with van der Waals surface area (Å²) in [6.07, 6.45) is 3.04. The summed E-state index contributed by atoms with van der Waals surface area (Å²) in [5.74, 6) is 0.685. The molecule has 0 aliphatic rings. The van der Waals surface area contributed by atoms with Crippen LogP contribution in [0.5, 0.6) is 0 Å². The zero-order chi connectivity index (χ0) is 23.5. The number of nitrogen functional groups attached to an aromatic ring is 1. The summed E-state index contributed by atoms with van der Waals surface area (Å²) in [7, 11) is 1.63. The third kappa shape index (κ3) is 3.96. The van der Waals surface area contributed by atoms with E-state index in [9.17, 15) is 9.90 Å². The molecule has 4 aromatic heterocycles. The Bertz CT molecular complexity index is 1470. The van der Waals surface area contributed by atoms with Crippen molar-refractivity contribution >= 4 is 17.0 Å². The number of nitrogens with two attached hydrogens (primary N) is 1. The highest BCUT2D eigenvalue weighted by molar-refractivity contribution is 5.83. The fourth-order valence-corrected chi connectivity index (χ4v) is 3.35. The molecule has 0 spiro atoms. The van der Waals surface area contributed by atoms with E-state index in [-0.39, 0.29) is 23.7 Å². The number of anilines is 1. The topological polar surface area (TPSA) is 153 Å². The lowest BCUT2D eigenvalue weighted by molar-refractivity contribution is 0.282. The standard InChI is InChI=1S/C20H17N9O2.C2H6/c1-28-26-15(20(31)27-28)13-6-7-14-18(24-13)29(12-4-2-11(10-30)3-5-12)19(25-14)16-17(21)23-9-8-22-16;1-2/h2-9,30H,10H2,1H3,(H2,21,23)(H,27,31);1-2H3. The van der Waals surface area contributed by atoms with Crippen LogP contribution in [0.2, 0.25) is 0 Å². The lowest BCUT2D eigenvalue weighted by atomic mass is 10.2. The minimum absolute atomic E-state index is 0.0697. The van der Waals surface area contributed by atoms with Crippen molar-refractivity contribution in [2.75, 3.05) is 5.73 Å². The lowest BCUT2D eigenvalue weighted by Gasteiger charge is -2.10. The van der Waals surface area contributed by atoms with Crippen LogP contribution in [-0.2, 0) is 13.7 Å². The molecule has 0 aliphatic heterocycles. The van der Waals surface area contributed by atoms with Gasteiger partial charge in [0.1, 0.15) is 11.2 Å². The van der Waals surface area contributed by atoms with E-state index in [0.29, 0.717) is 28.4 Å². The maximum absolute atomic E-state index is 12.2. The molecule has 4 N–H and O–H groups in total. The average molecular weight is 445 g/mol. The third-order valence-corrected chi connectivity index (χ3v) is 4.79. The maximum atomic E-state index is 12.2.